The molecular weight excluding hydrogens is 323 g/mol. The minimum absolute atomic E-state index is 0.104. The van der Waals surface area contributed by atoms with Gasteiger partial charge in [-0.15, -0.1) is 0 Å². The first-order chi connectivity index (χ1) is 11.7. The van der Waals surface area contributed by atoms with Crippen LogP contribution in [0, 0.1) is 5.82 Å². The van der Waals surface area contributed by atoms with Gasteiger partial charge in [0, 0.05) is 11.1 Å². The van der Waals surface area contributed by atoms with Crippen LogP contribution in [-0.2, 0) is 0 Å². The molecule has 0 spiro atoms. The van der Waals surface area contributed by atoms with E-state index >= 15 is 0 Å². The molecule has 24 heavy (non-hydrogen) atoms. The molecule has 0 radical (unpaired) electrons. The topological polar surface area (TPSA) is 9.23 Å². The predicted octanol–water partition coefficient (Wildman–Crippen LogP) is 6.46. The van der Waals surface area contributed by atoms with E-state index in [0.717, 1.165) is 21.5 Å². The fraction of sp³-hybridized carbons (Fsp3) is 0.0476. The van der Waals surface area contributed by atoms with E-state index in [2.05, 4.69) is 24.3 Å². The lowest BCUT2D eigenvalue weighted by Gasteiger charge is -2.13. The zero-order chi connectivity index (χ0) is 16.7. The molecule has 4 rings (SSSR count). The van der Waals surface area contributed by atoms with Crippen molar-refractivity contribution in [2.75, 3.05) is 7.11 Å². The van der Waals surface area contributed by atoms with Crippen molar-refractivity contribution in [1.29, 1.82) is 0 Å². The van der Waals surface area contributed by atoms with Crippen LogP contribution in [0.4, 0.5) is 4.39 Å². The maximum absolute atomic E-state index is 14.5. The largest absolute Gasteiger partial charge is 0.496 e. The highest BCUT2D eigenvalue weighted by Gasteiger charge is 2.15. The van der Waals surface area contributed by atoms with Crippen LogP contribution in [0.15, 0.2) is 66.7 Å². The third-order valence-electron chi connectivity index (χ3n) is 4.31. The number of rotatable bonds is 2. The van der Waals surface area contributed by atoms with Crippen LogP contribution < -0.4 is 4.74 Å². The summed E-state index contributed by atoms with van der Waals surface area (Å²) in [6.45, 7) is 0. The molecule has 0 saturated heterocycles. The highest BCUT2D eigenvalue weighted by molar-refractivity contribution is 6.31. The normalized spacial score (nSPS) is 11.1. The number of hydrogen-bond acceptors (Lipinski definition) is 1. The lowest BCUT2D eigenvalue weighted by atomic mass is 9.96. The first kappa shape index (κ1) is 15.0. The summed E-state index contributed by atoms with van der Waals surface area (Å²) in [4.78, 5) is 0. The van der Waals surface area contributed by atoms with Gasteiger partial charge in [-0.2, -0.15) is 0 Å². The number of methoxy groups -OCH3 is 1. The van der Waals surface area contributed by atoms with Gasteiger partial charge in [-0.1, -0.05) is 60.1 Å². The molecule has 0 aliphatic carbocycles. The standard InChI is InChI=1S/C21H14ClFO/c1-24-20-11-14-10-9-13-5-2-3-6-15(13)17(14)12-18(20)16-7-4-8-19(22)21(16)23/h2-12H,1H3. The van der Waals surface area contributed by atoms with Crippen molar-refractivity contribution in [2.45, 2.75) is 0 Å². The van der Waals surface area contributed by atoms with Gasteiger partial charge in [0.05, 0.1) is 12.1 Å². The molecule has 0 aromatic heterocycles. The average Bonchev–Trinajstić information content (AvgIpc) is 2.63. The van der Waals surface area contributed by atoms with E-state index in [1.54, 1.807) is 25.3 Å². The van der Waals surface area contributed by atoms with Crippen molar-refractivity contribution in [3.63, 3.8) is 0 Å². The molecule has 4 aromatic carbocycles. The molecule has 0 fully saturated rings. The SMILES string of the molecule is COc1cc2ccc3ccccc3c2cc1-c1cccc(Cl)c1F. The summed E-state index contributed by atoms with van der Waals surface area (Å²) in [6, 6.07) is 21.2. The maximum Gasteiger partial charge on any atom is 0.149 e. The van der Waals surface area contributed by atoms with Crippen molar-refractivity contribution >= 4 is 33.1 Å². The second-order valence-corrected chi connectivity index (χ2v) is 6.07. The van der Waals surface area contributed by atoms with Crippen LogP contribution in [0.1, 0.15) is 0 Å². The van der Waals surface area contributed by atoms with Crippen LogP contribution in [0.5, 0.6) is 5.75 Å². The number of hydrogen-bond donors (Lipinski definition) is 0. The second kappa shape index (κ2) is 5.81. The minimum Gasteiger partial charge on any atom is -0.496 e. The van der Waals surface area contributed by atoms with Crippen molar-refractivity contribution in [2.24, 2.45) is 0 Å². The maximum atomic E-state index is 14.5. The van der Waals surface area contributed by atoms with Crippen LogP contribution in [0.2, 0.25) is 5.02 Å². The lowest BCUT2D eigenvalue weighted by Crippen LogP contribution is -1.92. The van der Waals surface area contributed by atoms with Crippen molar-refractivity contribution in [3.05, 3.63) is 77.6 Å². The molecule has 3 heteroatoms. The van der Waals surface area contributed by atoms with Gasteiger partial charge in [-0.25, -0.2) is 4.39 Å². The minimum atomic E-state index is -0.433. The zero-order valence-corrected chi connectivity index (χ0v) is 13.8. The summed E-state index contributed by atoms with van der Waals surface area (Å²) in [6.07, 6.45) is 0. The number of ether oxygens (including phenoxy) is 1. The van der Waals surface area contributed by atoms with E-state index in [1.165, 1.54) is 0 Å². The Bertz CT molecular complexity index is 1070. The number of fused-ring (bicyclic) bond motifs is 3. The Morgan fingerprint density at radius 2 is 1.58 bits per heavy atom. The molecule has 0 bridgehead atoms. The third-order valence-corrected chi connectivity index (χ3v) is 4.60. The Hall–Kier alpha value is -2.58. The quantitative estimate of drug-likeness (QED) is 0.382. The van der Waals surface area contributed by atoms with E-state index in [4.69, 9.17) is 16.3 Å². The molecular formula is C21H14ClFO. The molecule has 0 heterocycles. The van der Waals surface area contributed by atoms with E-state index in [9.17, 15) is 4.39 Å². The Balaban J connectivity index is 2.10. The van der Waals surface area contributed by atoms with Crippen LogP contribution in [0.3, 0.4) is 0 Å². The van der Waals surface area contributed by atoms with Gasteiger partial charge in [0.2, 0.25) is 0 Å². The van der Waals surface area contributed by atoms with Gasteiger partial charge < -0.3 is 4.74 Å². The summed E-state index contributed by atoms with van der Waals surface area (Å²) in [7, 11) is 1.59. The lowest BCUT2D eigenvalue weighted by molar-refractivity contribution is 0.417. The van der Waals surface area contributed by atoms with Crippen molar-refractivity contribution in [1.82, 2.24) is 0 Å². The Kier molecular flexibility index (Phi) is 3.62. The zero-order valence-electron chi connectivity index (χ0n) is 13.0. The highest BCUT2D eigenvalue weighted by Crippen LogP contribution is 2.39. The third kappa shape index (κ3) is 2.31. The van der Waals surface area contributed by atoms with E-state index in [0.29, 0.717) is 16.9 Å². The van der Waals surface area contributed by atoms with Gasteiger partial charge in [0.1, 0.15) is 11.6 Å². The fourth-order valence-electron chi connectivity index (χ4n) is 3.13. The molecule has 4 aromatic rings. The fourth-order valence-corrected chi connectivity index (χ4v) is 3.30. The smallest absolute Gasteiger partial charge is 0.149 e. The van der Waals surface area contributed by atoms with Gasteiger partial charge >= 0.3 is 0 Å². The molecule has 0 atom stereocenters. The summed E-state index contributed by atoms with van der Waals surface area (Å²) in [5.74, 6) is 0.191. The Morgan fingerprint density at radius 1 is 0.792 bits per heavy atom. The number of benzene rings is 4. The Morgan fingerprint density at radius 3 is 2.42 bits per heavy atom. The van der Waals surface area contributed by atoms with E-state index < -0.39 is 5.82 Å². The average molecular weight is 337 g/mol. The molecule has 0 amide bonds. The van der Waals surface area contributed by atoms with Crippen LogP contribution in [0.25, 0.3) is 32.7 Å². The van der Waals surface area contributed by atoms with Gasteiger partial charge in [-0.3, -0.25) is 0 Å². The molecule has 118 valence electrons. The monoisotopic (exact) mass is 336 g/mol. The van der Waals surface area contributed by atoms with Gasteiger partial charge in [0.15, 0.2) is 0 Å². The molecule has 0 unspecified atom stereocenters. The molecule has 1 nitrogen and oxygen atoms in total. The van der Waals surface area contributed by atoms with E-state index in [-0.39, 0.29) is 5.02 Å². The first-order valence-electron chi connectivity index (χ1n) is 7.63. The summed E-state index contributed by atoms with van der Waals surface area (Å²) in [5, 5.41) is 4.49. The molecule has 0 N–H and O–H groups in total. The number of halogens is 2. The highest BCUT2D eigenvalue weighted by atomic mass is 35.5. The van der Waals surface area contributed by atoms with Crippen LogP contribution in [-0.4, -0.2) is 7.11 Å². The van der Waals surface area contributed by atoms with Gasteiger partial charge in [-0.05, 0) is 39.7 Å². The Labute approximate surface area is 144 Å². The molecule has 0 aliphatic heterocycles. The van der Waals surface area contributed by atoms with E-state index in [1.807, 2.05) is 24.3 Å². The van der Waals surface area contributed by atoms with Crippen molar-refractivity contribution in [3.8, 4) is 16.9 Å². The van der Waals surface area contributed by atoms with Gasteiger partial charge in [0.25, 0.3) is 0 Å². The molecule has 0 saturated carbocycles. The van der Waals surface area contributed by atoms with Crippen LogP contribution >= 0.6 is 11.6 Å². The first-order valence-corrected chi connectivity index (χ1v) is 8.01. The summed E-state index contributed by atoms with van der Waals surface area (Å²) >= 11 is 5.96. The second-order valence-electron chi connectivity index (χ2n) is 5.66. The summed E-state index contributed by atoms with van der Waals surface area (Å²) in [5.41, 5.74) is 1.13. The molecule has 0 aliphatic rings. The van der Waals surface area contributed by atoms with Crippen molar-refractivity contribution < 1.29 is 9.13 Å². The summed E-state index contributed by atoms with van der Waals surface area (Å²) < 4.78 is 20.0. The predicted molar refractivity (Wildman–Crippen MR) is 98.4 cm³/mol.